The number of carboxylic acids is 1. The summed E-state index contributed by atoms with van der Waals surface area (Å²) in [7, 11) is 0. The molecule has 1 saturated carbocycles. The molecule has 1 unspecified atom stereocenters. The number of urea groups is 1. The van der Waals surface area contributed by atoms with Crippen LogP contribution in [0.25, 0.3) is 0 Å². The molecule has 5 nitrogen and oxygen atoms in total. The van der Waals surface area contributed by atoms with Gasteiger partial charge in [0, 0.05) is 19.1 Å². The maximum Gasteiger partial charge on any atom is 0.317 e. The van der Waals surface area contributed by atoms with Crippen molar-refractivity contribution in [3.8, 4) is 0 Å². The standard InChI is InChI=1S/C15H26N2O3/c18-14(19)12-7-6-10-17(11-12)15(20)16-13-8-4-2-1-3-5-9-13/h12-13H,1-11H2,(H,16,20)(H,18,19). The number of carbonyl (C=O) groups excluding carboxylic acids is 1. The molecule has 2 amide bonds. The Hall–Kier alpha value is -1.26. The van der Waals surface area contributed by atoms with Crippen LogP contribution >= 0.6 is 0 Å². The molecule has 0 bridgehead atoms. The number of hydrogen-bond donors (Lipinski definition) is 2. The Morgan fingerprint density at radius 2 is 1.60 bits per heavy atom. The number of piperidine rings is 1. The largest absolute Gasteiger partial charge is 0.481 e. The van der Waals surface area contributed by atoms with Crippen molar-refractivity contribution in [1.82, 2.24) is 10.2 Å². The number of carbonyl (C=O) groups is 2. The fourth-order valence-corrected chi connectivity index (χ4v) is 3.23. The average Bonchev–Trinajstić information content (AvgIpc) is 2.41. The third-order valence-electron chi connectivity index (χ3n) is 4.49. The molecule has 2 rings (SSSR count). The van der Waals surface area contributed by atoms with Gasteiger partial charge in [-0.05, 0) is 25.7 Å². The molecule has 2 aliphatic rings. The first-order valence-electron chi connectivity index (χ1n) is 7.95. The summed E-state index contributed by atoms with van der Waals surface area (Å²) in [5.41, 5.74) is 0. The van der Waals surface area contributed by atoms with Crippen LogP contribution in [0.3, 0.4) is 0 Å². The van der Waals surface area contributed by atoms with Crippen LogP contribution < -0.4 is 5.32 Å². The van der Waals surface area contributed by atoms with Gasteiger partial charge in [-0.3, -0.25) is 4.79 Å². The van der Waals surface area contributed by atoms with Crippen LogP contribution in [0.1, 0.15) is 57.8 Å². The van der Waals surface area contributed by atoms with Gasteiger partial charge in [-0.15, -0.1) is 0 Å². The molecule has 2 N–H and O–H groups in total. The van der Waals surface area contributed by atoms with Crippen molar-refractivity contribution < 1.29 is 14.7 Å². The highest BCUT2D eigenvalue weighted by atomic mass is 16.4. The Morgan fingerprint density at radius 1 is 0.950 bits per heavy atom. The Morgan fingerprint density at radius 3 is 2.25 bits per heavy atom. The van der Waals surface area contributed by atoms with E-state index in [9.17, 15) is 9.59 Å². The number of likely N-dealkylation sites (tertiary alicyclic amines) is 1. The first-order chi connectivity index (χ1) is 9.66. The predicted molar refractivity (Wildman–Crippen MR) is 76.6 cm³/mol. The summed E-state index contributed by atoms with van der Waals surface area (Å²) in [6, 6.07) is 0.203. The van der Waals surface area contributed by atoms with Gasteiger partial charge in [-0.2, -0.15) is 0 Å². The smallest absolute Gasteiger partial charge is 0.317 e. The van der Waals surface area contributed by atoms with E-state index in [1.165, 1.54) is 32.1 Å². The topological polar surface area (TPSA) is 69.6 Å². The van der Waals surface area contributed by atoms with Gasteiger partial charge in [0.2, 0.25) is 0 Å². The van der Waals surface area contributed by atoms with E-state index in [-0.39, 0.29) is 12.1 Å². The molecule has 0 aromatic heterocycles. The van der Waals surface area contributed by atoms with E-state index in [0.717, 1.165) is 19.3 Å². The minimum atomic E-state index is -0.784. The zero-order valence-electron chi connectivity index (χ0n) is 12.1. The highest BCUT2D eigenvalue weighted by Gasteiger charge is 2.28. The molecule has 1 aliphatic carbocycles. The lowest BCUT2D eigenvalue weighted by Gasteiger charge is -2.32. The van der Waals surface area contributed by atoms with E-state index in [1.807, 2.05) is 0 Å². The first-order valence-corrected chi connectivity index (χ1v) is 7.95. The Kier molecular flexibility index (Phi) is 5.68. The van der Waals surface area contributed by atoms with Crippen LogP contribution in [0.5, 0.6) is 0 Å². The number of aliphatic carboxylic acids is 1. The quantitative estimate of drug-likeness (QED) is 0.818. The van der Waals surface area contributed by atoms with Gasteiger partial charge in [0.15, 0.2) is 0 Å². The Labute approximate surface area is 120 Å². The molecule has 0 radical (unpaired) electrons. The van der Waals surface area contributed by atoms with E-state index in [4.69, 9.17) is 5.11 Å². The second-order valence-electron chi connectivity index (χ2n) is 6.11. The lowest BCUT2D eigenvalue weighted by molar-refractivity contribution is -0.143. The van der Waals surface area contributed by atoms with E-state index < -0.39 is 11.9 Å². The molecule has 114 valence electrons. The maximum atomic E-state index is 12.3. The summed E-state index contributed by atoms with van der Waals surface area (Å²) in [6.07, 6.45) is 9.79. The summed E-state index contributed by atoms with van der Waals surface area (Å²) in [5, 5.41) is 12.2. The van der Waals surface area contributed by atoms with Gasteiger partial charge >= 0.3 is 12.0 Å². The molecule has 20 heavy (non-hydrogen) atoms. The third kappa shape index (κ3) is 4.39. The molecular formula is C15H26N2O3. The van der Waals surface area contributed by atoms with Crippen molar-refractivity contribution in [3.63, 3.8) is 0 Å². The number of amides is 2. The highest BCUT2D eigenvalue weighted by molar-refractivity contribution is 5.76. The molecule has 1 aliphatic heterocycles. The molecule has 5 heteroatoms. The van der Waals surface area contributed by atoms with Gasteiger partial charge in [-0.25, -0.2) is 4.79 Å². The van der Waals surface area contributed by atoms with Crippen molar-refractivity contribution in [2.45, 2.75) is 63.8 Å². The van der Waals surface area contributed by atoms with E-state index >= 15 is 0 Å². The van der Waals surface area contributed by atoms with E-state index in [0.29, 0.717) is 19.5 Å². The third-order valence-corrected chi connectivity index (χ3v) is 4.49. The molecule has 0 aromatic rings. The molecular weight excluding hydrogens is 256 g/mol. The highest BCUT2D eigenvalue weighted by Crippen LogP contribution is 2.19. The lowest BCUT2D eigenvalue weighted by Crippen LogP contribution is -2.49. The molecule has 2 fully saturated rings. The fraction of sp³-hybridized carbons (Fsp3) is 0.867. The Balaban J connectivity index is 1.82. The number of carboxylic acid groups (broad SMARTS) is 1. The van der Waals surface area contributed by atoms with Crippen LogP contribution in [-0.2, 0) is 4.79 Å². The van der Waals surface area contributed by atoms with Crippen LogP contribution in [0.15, 0.2) is 0 Å². The van der Waals surface area contributed by atoms with Crippen LogP contribution in [0, 0.1) is 5.92 Å². The first kappa shape index (κ1) is 15.1. The zero-order valence-corrected chi connectivity index (χ0v) is 12.1. The van der Waals surface area contributed by atoms with Crippen molar-refractivity contribution in [2.75, 3.05) is 13.1 Å². The van der Waals surface area contributed by atoms with Crippen molar-refractivity contribution >= 4 is 12.0 Å². The van der Waals surface area contributed by atoms with Crippen LogP contribution in [0.4, 0.5) is 4.79 Å². The summed E-state index contributed by atoms with van der Waals surface area (Å²) >= 11 is 0. The minimum Gasteiger partial charge on any atom is -0.481 e. The fourth-order valence-electron chi connectivity index (χ4n) is 3.23. The minimum absolute atomic E-state index is 0.0680. The lowest BCUT2D eigenvalue weighted by atomic mass is 9.96. The molecule has 1 atom stereocenters. The second kappa shape index (κ2) is 7.50. The second-order valence-corrected chi connectivity index (χ2v) is 6.11. The van der Waals surface area contributed by atoms with Gasteiger partial charge in [0.05, 0.1) is 5.92 Å². The van der Waals surface area contributed by atoms with Crippen LogP contribution in [0.2, 0.25) is 0 Å². The van der Waals surface area contributed by atoms with Crippen LogP contribution in [-0.4, -0.2) is 41.1 Å². The molecule has 1 heterocycles. The summed E-state index contributed by atoms with van der Waals surface area (Å²) in [4.78, 5) is 25.0. The van der Waals surface area contributed by atoms with E-state index in [1.54, 1.807) is 4.90 Å². The molecule has 0 spiro atoms. The van der Waals surface area contributed by atoms with Gasteiger partial charge < -0.3 is 15.3 Å². The number of nitrogens with one attached hydrogen (secondary N) is 1. The van der Waals surface area contributed by atoms with Crippen molar-refractivity contribution in [2.24, 2.45) is 5.92 Å². The number of nitrogens with zero attached hydrogens (tertiary/aromatic N) is 1. The van der Waals surface area contributed by atoms with E-state index in [2.05, 4.69) is 5.32 Å². The normalized spacial score (nSPS) is 25.6. The number of rotatable bonds is 2. The van der Waals surface area contributed by atoms with Gasteiger partial charge in [-0.1, -0.05) is 32.1 Å². The van der Waals surface area contributed by atoms with Crippen molar-refractivity contribution in [3.05, 3.63) is 0 Å². The monoisotopic (exact) mass is 282 g/mol. The SMILES string of the molecule is O=C(O)C1CCCN(C(=O)NC2CCCCCCC2)C1. The predicted octanol–water partition coefficient (Wildman–Crippen LogP) is 2.61. The maximum absolute atomic E-state index is 12.3. The van der Waals surface area contributed by atoms with Gasteiger partial charge in [0.25, 0.3) is 0 Å². The van der Waals surface area contributed by atoms with Gasteiger partial charge in [0.1, 0.15) is 0 Å². The summed E-state index contributed by atoms with van der Waals surface area (Å²) in [5.74, 6) is -1.18. The zero-order chi connectivity index (χ0) is 14.4. The Bertz CT molecular complexity index is 338. The average molecular weight is 282 g/mol. The van der Waals surface area contributed by atoms with Crippen molar-refractivity contribution in [1.29, 1.82) is 0 Å². The molecule has 1 saturated heterocycles. The number of hydrogen-bond acceptors (Lipinski definition) is 2. The molecule has 0 aromatic carbocycles. The summed E-state index contributed by atoms with van der Waals surface area (Å²) in [6.45, 7) is 1.04. The summed E-state index contributed by atoms with van der Waals surface area (Å²) < 4.78 is 0.